The lowest BCUT2D eigenvalue weighted by atomic mass is 9.76. The summed E-state index contributed by atoms with van der Waals surface area (Å²) in [6, 6.07) is 33.6. The van der Waals surface area contributed by atoms with E-state index in [-0.39, 0.29) is 13.6 Å². The average Bonchev–Trinajstić information content (AvgIpc) is 3.72. The van der Waals surface area contributed by atoms with Crippen LogP contribution < -0.4 is 18.9 Å². The van der Waals surface area contributed by atoms with Crippen molar-refractivity contribution >= 4 is 37.2 Å². The maximum atomic E-state index is 6.66. The molecule has 4 radical (unpaired) electrons. The number of rotatable bonds is 5. The van der Waals surface area contributed by atoms with E-state index in [1.165, 1.54) is 0 Å². The van der Waals surface area contributed by atoms with Gasteiger partial charge in [0, 0.05) is 0 Å². The van der Waals surface area contributed by atoms with Crippen molar-refractivity contribution in [1.82, 2.24) is 0 Å². The normalized spacial score (nSPS) is 13.2. The fraction of sp³-hybridized carbons (Fsp3) is 0.111. The van der Waals surface area contributed by atoms with Crippen LogP contribution in [-0.4, -0.2) is 29.3 Å². The molecule has 4 nitrogen and oxygen atoms in total. The second-order valence-corrected chi connectivity index (χ2v) is 10.5. The van der Waals surface area contributed by atoms with Gasteiger partial charge in [-0.25, -0.2) is 0 Å². The van der Waals surface area contributed by atoms with E-state index in [1.54, 1.807) is 0 Å². The Balaban J connectivity index is 1.48. The molecule has 2 aliphatic heterocycles. The number of ether oxygens (including phenoxy) is 4. The average molecular weight is 542 g/mol. The first-order valence-electron chi connectivity index (χ1n) is 14.0. The van der Waals surface area contributed by atoms with Gasteiger partial charge < -0.3 is 18.9 Å². The first-order valence-corrected chi connectivity index (χ1v) is 14.0. The van der Waals surface area contributed by atoms with E-state index in [2.05, 4.69) is 72.8 Å². The summed E-state index contributed by atoms with van der Waals surface area (Å²) in [6.07, 6.45) is 0.688. The van der Waals surface area contributed by atoms with Gasteiger partial charge >= 0.3 is 0 Å². The van der Waals surface area contributed by atoms with Gasteiger partial charge in [-0.2, -0.15) is 0 Å². The zero-order chi connectivity index (χ0) is 28.2. The molecule has 0 amide bonds. The van der Waals surface area contributed by atoms with Gasteiger partial charge in [-0.3, -0.25) is 0 Å². The molecular weight excluding hydrogens is 518 g/mol. The van der Waals surface area contributed by atoms with Crippen LogP contribution >= 0.6 is 0 Å². The molecule has 0 atom stereocenters. The lowest BCUT2D eigenvalue weighted by Gasteiger charge is -2.24. The van der Waals surface area contributed by atoms with Crippen molar-refractivity contribution in [2.45, 2.75) is 12.6 Å². The van der Waals surface area contributed by atoms with Gasteiger partial charge in [-0.1, -0.05) is 73.3 Å². The van der Waals surface area contributed by atoms with Crippen LogP contribution in [0.5, 0.6) is 23.0 Å². The SMILES string of the molecule is [B]Cc1c(-c2ccc3c(c2)OCO3)cc2ccccc2c1-c1c(C[B])c(-c2ccc3c(c2)OCO3)cc2ccccc12. The molecule has 198 valence electrons. The fourth-order valence-electron chi connectivity index (χ4n) is 6.42. The third-order valence-corrected chi connectivity index (χ3v) is 8.34. The summed E-state index contributed by atoms with van der Waals surface area (Å²) in [5.41, 5.74) is 8.47. The molecule has 0 spiro atoms. The Labute approximate surface area is 246 Å². The molecule has 6 heteroatoms. The Kier molecular flexibility index (Phi) is 5.88. The molecule has 0 unspecified atom stereocenters. The Bertz CT molecular complexity index is 1890. The molecule has 0 fully saturated rings. The monoisotopic (exact) mass is 542 g/mol. The van der Waals surface area contributed by atoms with E-state index in [4.69, 9.17) is 34.6 Å². The fourth-order valence-corrected chi connectivity index (χ4v) is 6.42. The van der Waals surface area contributed by atoms with Crippen molar-refractivity contribution < 1.29 is 18.9 Å². The largest absolute Gasteiger partial charge is 0.454 e. The van der Waals surface area contributed by atoms with Crippen LogP contribution in [0.4, 0.5) is 0 Å². The number of hydrogen-bond acceptors (Lipinski definition) is 4. The van der Waals surface area contributed by atoms with Gasteiger partial charge in [-0.15, -0.1) is 0 Å². The second-order valence-electron chi connectivity index (χ2n) is 10.5. The summed E-state index contributed by atoms with van der Waals surface area (Å²) in [5.74, 6) is 2.98. The van der Waals surface area contributed by atoms with Crippen molar-refractivity contribution in [2.24, 2.45) is 0 Å². The highest BCUT2D eigenvalue weighted by Crippen LogP contribution is 2.47. The van der Waals surface area contributed by atoms with Gasteiger partial charge in [-0.05, 0) is 102 Å². The Morgan fingerprint density at radius 2 is 0.905 bits per heavy atom. The van der Waals surface area contributed by atoms with Crippen LogP contribution in [0, 0.1) is 0 Å². The minimum absolute atomic E-state index is 0.226. The van der Waals surface area contributed by atoms with E-state index in [1.807, 2.05) is 24.3 Å². The summed E-state index contributed by atoms with van der Waals surface area (Å²) < 4.78 is 22.7. The third-order valence-electron chi connectivity index (χ3n) is 8.34. The molecule has 8 rings (SSSR count). The van der Waals surface area contributed by atoms with Crippen LogP contribution in [0.15, 0.2) is 97.1 Å². The van der Waals surface area contributed by atoms with Crippen molar-refractivity contribution in [3.8, 4) is 56.4 Å². The lowest BCUT2D eigenvalue weighted by Crippen LogP contribution is -2.02. The van der Waals surface area contributed by atoms with Crippen LogP contribution in [0.3, 0.4) is 0 Å². The first-order chi connectivity index (χ1) is 20.7. The summed E-state index contributed by atoms with van der Waals surface area (Å²) >= 11 is 0. The van der Waals surface area contributed by atoms with E-state index in [9.17, 15) is 0 Å². The summed E-state index contributed by atoms with van der Waals surface area (Å²) in [4.78, 5) is 0. The Morgan fingerprint density at radius 3 is 1.36 bits per heavy atom. The molecule has 6 aromatic carbocycles. The topological polar surface area (TPSA) is 36.9 Å². The van der Waals surface area contributed by atoms with Gasteiger partial charge in [0.15, 0.2) is 23.0 Å². The molecule has 0 aliphatic carbocycles. The molecule has 2 aliphatic rings. The molecule has 0 aromatic heterocycles. The quantitative estimate of drug-likeness (QED) is 0.209. The predicted octanol–water partition coefficient (Wildman–Crippen LogP) is 7.79. The van der Waals surface area contributed by atoms with Gasteiger partial charge in [0.05, 0.1) is 15.7 Å². The van der Waals surface area contributed by atoms with E-state index in [0.717, 1.165) is 89.1 Å². The first kappa shape index (κ1) is 24.9. The molecule has 0 bridgehead atoms. The van der Waals surface area contributed by atoms with Crippen LogP contribution in [0.1, 0.15) is 11.1 Å². The van der Waals surface area contributed by atoms with Gasteiger partial charge in [0.25, 0.3) is 0 Å². The zero-order valence-corrected chi connectivity index (χ0v) is 22.9. The molecule has 6 aromatic rings. The summed E-state index contributed by atoms with van der Waals surface area (Å²) in [5, 5.41) is 4.51. The van der Waals surface area contributed by atoms with E-state index >= 15 is 0 Å². The van der Waals surface area contributed by atoms with Crippen LogP contribution in [0.25, 0.3) is 54.9 Å². The maximum Gasteiger partial charge on any atom is 0.231 e. The number of fused-ring (bicyclic) bond motifs is 4. The van der Waals surface area contributed by atoms with E-state index in [0.29, 0.717) is 12.6 Å². The van der Waals surface area contributed by atoms with Crippen molar-refractivity contribution in [1.29, 1.82) is 0 Å². The zero-order valence-electron chi connectivity index (χ0n) is 22.9. The summed E-state index contributed by atoms with van der Waals surface area (Å²) in [6.45, 7) is 0.452. The predicted molar refractivity (Wildman–Crippen MR) is 169 cm³/mol. The van der Waals surface area contributed by atoms with Crippen LogP contribution in [0.2, 0.25) is 0 Å². The highest BCUT2D eigenvalue weighted by atomic mass is 16.7. The molecule has 42 heavy (non-hydrogen) atoms. The highest BCUT2D eigenvalue weighted by Gasteiger charge is 2.24. The van der Waals surface area contributed by atoms with Gasteiger partial charge in [0.1, 0.15) is 0 Å². The highest BCUT2D eigenvalue weighted by molar-refractivity contribution is 6.17. The number of benzene rings is 6. The third kappa shape index (κ3) is 3.86. The number of hydrogen-bond donors (Lipinski definition) is 0. The van der Waals surface area contributed by atoms with Crippen molar-refractivity contribution in [3.63, 3.8) is 0 Å². The Morgan fingerprint density at radius 1 is 0.476 bits per heavy atom. The van der Waals surface area contributed by atoms with Crippen LogP contribution in [-0.2, 0) is 12.6 Å². The maximum absolute atomic E-state index is 6.66. The van der Waals surface area contributed by atoms with Crippen molar-refractivity contribution in [3.05, 3.63) is 108 Å². The standard InChI is InChI=1S/C36H24B2O4/c37-17-29-27(23-9-11-31-33(15-23)41-19-39-31)13-21-5-1-3-7-25(21)35(29)36-26-8-4-2-6-22(26)14-28(30(36)18-38)24-10-12-32-34(16-24)42-20-40-32/h1-16H,17-20H2. The minimum Gasteiger partial charge on any atom is -0.454 e. The van der Waals surface area contributed by atoms with Gasteiger partial charge in [0.2, 0.25) is 13.6 Å². The smallest absolute Gasteiger partial charge is 0.231 e. The molecule has 0 N–H and O–H groups in total. The lowest BCUT2D eigenvalue weighted by molar-refractivity contribution is 0.173. The molecular formula is C36H24B2O4. The minimum atomic E-state index is 0.226. The second kappa shape index (κ2) is 9.92. The molecule has 2 heterocycles. The van der Waals surface area contributed by atoms with Crippen molar-refractivity contribution in [2.75, 3.05) is 13.6 Å². The van der Waals surface area contributed by atoms with E-state index < -0.39 is 0 Å². The molecule has 0 saturated heterocycles. The summed E-state index contributed by atoms with van der Waals surface area (Å²) in [7, 11) is 13.3. The Hall–Kier alpha value is -4.83. The molecule has 0 saturated carbocycles.